The van der Waals surface area contributed by atoms with E-state index in [1.54, 1.807) is 7.11 Å². The Kier molecular flexibility index (Phi) is 5.81. The van der Waals surface area contributed by atoms with Gasteiger partial charge in [-0.05, 0) is 49.2 Å². The van der Waals surface area contributed by atoms with Gasteiger partial charge in [-0.1, -0.05) is 30.0 Å². The number of benzene rings is 2. The third kappa shape index (κ3) is 4.49. The third-order valence-electron chi connectivity index (χ3n) is 4.02. The van der Waals surface area contributed by atoms with Crippen LogP contribution in [0.25, 0.3) is 11.4 Å². The van der Waals surface area contributed by atoms with E-state index in [0.717, 1.165) is 28.1 Å². The van der Waals surface area contributed by atoms with Gasteiger partial charge in [-0.15, -0.1) is 10.2 Å². The van der Waals surface area contributed by atoms with Gasteiger partial charge >= 0.3 is 0 Å². The van der Waals surface area contributed by atoms with E-state index < -0.39 is 0 Å². The second-order valence-electron chi connectivity index (χ2n) is 6.28. The molecule has 3 aromatic rings. The van der Waals surface area contributed by atoms with E-state index in [1.165, 1.54) is 11.8 Å². The molecule has 0 aliphatic rings. The summed E-state index contributed by atoms with van der Waals surface area (Å²) in [7, 11) is 3.51. The zero-order chi connectivity index (χ0) is 19.4. The van der Waals surface area contributed by atoms with E-state index >= 15 is 0 Å². The minimum atomic E-state index is -0.0770. The summed E-state index contributed by atoms with van der Waals surface area (Å²) < 4.78 is 7.26. The maximum Gasteiger partial charge on any atom is 0.234 e. The second-order valence-corrected chi connectivity index (χ2v) is 7.22. The van der Waals surface area contributed by atoms with Crippen LogP contribution in [0.4, 0.5) is 5.69 Å². The van der Waals surface area contributed by atoms with Gasteiger partial charge in [0.05, 0.1) is 18.4 Å². The number of hydrogen-bond donors (Lipinski definition) is 1. The molecule has 7 heteroatoms. The van der Waals surface area contributed by atoms with Crippen molar-refractivity contribution in [1.29, 1.82) is 0 Å². The summed E-state index contributed by atoms with van der Waals surface area (Å²) in [6, 6.07) is 13.6. The SMILES string of the molecule is COc1ccccc1-c1nnc(SCC(=O)Nc2cc(C)cc(C)c2)n1C. The molecule has 3 rings (SSSR count). The van der Waals surface area contributed by atoms with Gasteiger partial charge in [-0.25, -0.2) is 0 Å². The highest BCUT2D eigenvalue weighted by molar-refractivity contribution is 7.99. The van der Waals surface area contributed by atoms with Gasteiger partial charge < -0.3 is 14.6 Å². The molecule has 140 valence electrons. The highest BCUT2D eigenvalue weighted by Crippen LogP contribution is 2.30. The minimum Gasteiger partial charge on any atom is -0.496 e. The molecule has 0 saturated carbocycles. The summed E-state index contributed by atoms with van der Waals surface area (Å²) in [6.45, 7) is 4.02. The zero-order valence-electron chi connectivity index (χ0n) is 15.8. The molecule has 0 saturated heterocycles. The molecule has 0 unspecified atom stereocenters. The Morgan fingerprint density at radius 1 is 1.15 bits per heavy atom. The summed E-state index contributed by atoms with van der Waals surface area (Å²) in [5.74, 6) is 1.61. The van der Waals surface area contributed by atoms with Crippen LogP contribution in [0.2, 0.25) is 0 Å². The third-order valence-corrected chi connectivity index (χ3v) is 5.04. The average Bonchev–Trinajstić information content (AvgIpc) is 2.99. The number of nitrogens with zero attached hydrogens (tertiary/aromatic N) is 3. The van der Waals surface area contributed by atoms with Crippen LogP contribution in [-0.4, -0.2) is 33.5 Å². The number of amides is 1. The Morgan fingerprint density at radius 3 is 2.56 bits per heavy atom. The van der Waals surface area contributed by atoms with Crippen LogP contribution in [0.15, 0.2) is 47.6 Å². The number of carbonyl (C=O) groups excluding carboxylic acids is 1. The van der Waals surface area contributed by atoms with Crippen molar-refractivity contribution >= 4 is 23.4 Å². The lowest BCUT2D eigenvalue weighted by atomic mass is 10.1. The quantitative estimate of drug-likeness (QED) is 0.656. The molecule has 6 nitrogen and oxygen atoms in total. The molecule has 0 atom stereocenters. The number of hydrogen-bond acceptors (Lipinski definition) is 5. The Morgan fingerprint density at radius 2 is 1.85 bits per heavy atom. The largest absolute Gasteiger partial charge is 0.496 e. The number of anilines is 1. The Labute approximate surface area is 163 Å². The fourth-order valence-corrected chi connectivity index (χ4v) is 3.59. The van der Waals surface area contributed by atoms with Crippen LogP contribution in [-0.2, 0) is 11.8 Å². The number of aromatic nitrogens is 3. The van der Waals surface area contributed by atoms with Crippen LogP contribution in [0.5, 0.6) is 5.75 Å². The van der Waals surface area contributed by atoms with E-state index in [9.17, 15) is 4.79 Å². The standard InChI is InChI=1S/C20H22N4O2S/c1-13-9-14(2)11-15(10-13)21-18(25)12-27-20-23-22-19(24(20)3)16-7-5-6-8-17(16)26-4/h5-11H,12H2,1-4H3,(H,21,25). The van der Waals surface area contributed by atoms with Crippen molar-refractivity contribution in [2.45, 2.75) is 19.0 Å². The second kappa shape index (κ2) is 8.26. The van der Waals surface area contributed by atoms with Gasteiger partial charge in [0.25, 0.3) is 0 Å². The van der Waals surface area contributed by atoms with Crippen LogP contribution in [0.3, 0.4) is 0 Å². The lowest BCUT2D eigenvalue weighted by Gasteiger charge is -2.09. The highest BCUT2D eigenvalue weighted by atomic mass is 32.2. The first-order valence-corrected chi connectivity index (χ1v) is 9.50. The monoisotopic (exact) mass is 382 g/mol. The summed E-state index contributed by atoms with van der Waals surface area (Å²) in [5.41, 5.74) is 3.91. The fraction of sp³-hybridized carbons (Fsp3) is 0.250. The number of thioether (sulfide) groups is 1. The Balaban J connectivity index is 1.68. The zero-order valence-corrected chi connectivity index (χ0v) is 16.6. The van der Waals surface area contributed by atoms with E-state index in [-0.39, 0.29) is 11.7 Å². The highest BCUT2D eigenvalue weighted by Gasteiger charge is 2.16. The minimum absolute atomic E-state index is 0.0770. The van der Waals surface area contributed by atoms with Gasteiger partial charge in [0.1, 0.15) is 5.75 Å². The van der Waals surface area contributed by atoms with Gasteiger partial charge in [0.15, 0.2) is 11.0 Å². The number of aryl methyl sites for hydroxylation is 2. The smallest absolute Gasteiger partial charge is 0.234 e. The molecule has 0 bridgehead atoms. The topological polar surface area (TPSA) is 69.0 Å². The van der Waals surface area contributed by atoms with Crippen molar-refractivity contribution in [3.8, 4) is 17.1 Å². The number of methoxy groups -OCH3 is 1. The molecule has 0 radical (unpaired) electrons. The molecule has 0 spiro atoms. The van der Waals surface area contributed by atoms with Crippen molar-refractivity contribution in [3.63, 3.8) is 0 Å². The lowest BCUT2D eigenvalue weighted by molar-refractivity contribution is -0.113. The normalized spacial score (nSPS) is 10.7. The van der Waals surface area contributed by atoms with Gasteiger partial charge in [-0.3, -0.25) is 4.79 Å². The van der Waals surface area contributed by atoms with Crippen molar-refractivity contribution in [1.82, 2.24) is 14.8 Å². The first-order valence-electron chi connectivity index (χ1n) is 8.51. The summed E-state index contributed by atoms with van der Waals surface area (Å²) in [5, 5.41) is 12.1. The van der Waals surface area contributed by atoms with Crippen molar-refractivity contribution in [2.75, 3.05) is 18.2 Å². The molecule has 0 fully saturated rings. The molecule has 0 aliphatic carbocycles. The molecule has 27 heavy (non-hydrogen) atoms. The molecule has 1 N–H and O–H groups in total. The van der Waals surface area contributed by atoms with Crippen LogP contribution >= 0.6 is 11.8 Å². The van der Waals surface area contributed by atoms with Crippen molar-refractivity contribution in [2.24, 2.45) is 7.05 Å². The predicted octanol–water partition coefficient (Wildman–Crippen LogP) is 3.84. The van der Waals surface area contributed by atoms with Crippen molar-refractivity contribution in [3.05, 3.63) is 53.6 Å². The van der Waals surface area contributed by atoms with E-state index in [0.29, 0.717) is 11.0 Å². The van der Waals surface area contributed by atoms with Crippen molar-refractivity contribution < 1.29 is 9.53 Å². The number of ether oxygens (including phenoxy) is 1. The summed E-state index contributed by atoms with van der Waals surface area (Å²) in [4.78, 5) is 12.3. The van der Waals surface area contributed by atoms with Crippen LogP contribution in [0, 0.1) is 13.8 Å². The number of rotatable bonds is 6. The molecular formula is C20H22N4O2S. The molecule has 2 aromatic carbocycles. The molecule has 1 aromatic heterocycles. The molecular weight excluding hydrogens is 360 g/mol. The van der Waals surface area contributed by atoms with Gasteiger partial charge in [0, 0.05) is 12.7 Å². The molecule has 1 heterocycles. The lowest BCUT2D eigenvalue weighted by Crippen LogP contribution is -2.14. The Hall–Kier alpha value is -2.80. The molecule has 1 amide bonds. The van der Waals surface area contributed by atoms with E-state index in [2.05, 4.69) is 21.6 Å². The van der Waals surface area contributed by atoms with Crippen LogP contribution in [0.1, 0.15) is 11.1 Å². The summed E-state index contributed by atoms with van der Waals surface area (Å²) in [6.07, 6.45) is 0. The number of carbonyl (C=O) groups is 1. The average molecular weight is 382 g/mol. The number of para-hydroxylation sites is 1. The first-order chi connectivity index (χ1) is 13.0. The fourth-order valence-electron chi connectivity index (χ4n) is 2.88. The van der Waals surface area contributed by atoms with Gasteiger partial charge in [-0.2, -0.15) is 0 Å². The maximum atomic E-state index is 12.3. The Bertz CT molecular complexity index is 948. The summed E-state index contributed by atoms with van der Waals surface area (Å²) >= 11 is 1.35. The maximum absolute atomic E-state index is 12.3. The first kappa shape index (κ1) is 19.0. The van der Waals surface area contributed by atoms with E-state index in [1.807, 2.05) is 61.9 Å². The predicted molar refractivity (Wildman–Crippen MR) is 108 cm³/mol. The molecule has 0 aliphatic heterocycles. The van der Waals surface area contributed by atoms with Crippen LogP contribution < -0.4 is 10.1 Å². The van der Waals surface area contributed by atoms with Gasteiger partial charge in [0.2, 0.25) is 5.91 Å². The number of nitrogens with one attached hydrogen (secondary N) is 1. The van der Waals surface area contributed by atoms with E-state index in [4.69, 9.17) is 4.74 Å².